The molecule has 0 aliphatic heterocycles. The topological polar surface area (TPSA) is 47.0 Å². The molecule has 1 heterocycles. The Morgan fingerprint density at radius 2 is 1.48 bits per heavy atom. The summed E-state index contributed by atoms with van der Waals surface area (Å²) in [7, 11) is 0. The summed E-state index contributed by atoms with van der Waals surface area (Å²) < 4.78 is 5.73. The molecule has 0 atom stereocenters. The van der Waals surface area contributed by atoms with Crippen molar-refractivity contribution in [1.82, 2.24) is 10.2 Å². The fourth-order valence-electron chi connectivity index (χ4n) is 1.76. The molecule has 3 rings (SSSR count). The van der Waals surface area contributed by atoms with E-state index in [2.05, 4.69) is 15.5 Å². The van der Waals surface area contributed by atoms with Crippen molar-refractivity contribution < 1.29 is 4.74 Å². The lowest BCUT2D eigenvalue weighted by atomic mass is 10.3. The molecular weight excluding hydrogens is 286 g/mol. The van der Waals surface area contributed by atoms with Crippen LogP contribution in [0.15, 0.2) is 66.7 Å². The maximum absolute atomic E-state index is 5.73. The van der Waals surface area contributed by atoms with Gasteiger partial charge in [0.1, 0.15) is 11.5 Å². The summed E-state index contributed by atoms with van der Waals surface area (Å²) in [4.78, 5) is 0. The number of hydrogen-bond donors (Lipinski definition) is 1. The third-order valence-corrected chi connectivity index (χ3v) is 2.94. The van der Waals surface area contributed by atoms with Gasteiger partial charge in [0.25, 0.3) is 0 Å². The molecule has 2 aromatic carbocycles. The summed E-state index contributed by atoms with van der Waals surface area (Å²) in [6.45, 7) is 0. The molecule has 5 heteroatoms. The Hall–Kier alpha value is -2.59. The number of ether oxygens (including phenoxy) is 1. The van der Waals surface area contributed by atoms with Crippen LogP contribution < -0.4 is 10.1 Å². The van der Waals surface area contributed by atoms with Gasteiger partial charge in [-0.15, -0.1) is 10.2 Å². The molecule has 0 fully saturated rings. The second-order valence-corrected chi connectivity index (χ2v) is 4.69. The van der Waals surface area contributed by atoms with Gasteiger partial charge in [-0.05, 0) is 48.5 Å². The van der Waals surface area contributed by atoms with Crippen LogP contribution in [-0.2, 0) is 0 Å². The Labute approximate surface area is 127 Å². The quantitative estimate of drug-likeness (QED) is 0.760. The van der Waals surface area contributed by atoms with E-state index in [1.54, 1.807) is 12.1 Å². The van der Waals surface area contributed by atoms with Crippen molar-refractivity contribution in [2.45, 2.75) is 0 Å². The molecule has 1 N–H and O–H groups in total. The van der Waals surface area contributed by atoms with Crippen LogP contribution in [0.2, 0.25) is 5.15 Å². The summed E-state index contributed by atoms with van der Waals surface area (Å²) in [5.41, 5.74) is 0.895. The minimum atomic E-state index is 0.368. The van der Waals surface area contributed by atoms with E-state index in [1.807, 2.05) is 54.6 Å². The standard InChI is InChI=1S/C16H12ClN3O/c17-15-10-11-16(20-19-15)18-12-6-8-14(9-7-12)21-13-4-2-1-3-5-13/h1-11H,(H,18,20). The van der Waals surface area contributed by atoms with Crippen molar-refractivity contribution in [2.24, 2.45) is 0 Å². The van der Waals surface area contributed by atoms with Crippen LogP contribution in [0.5, 0.6) is 11.5 Å². The van der Waals surface area contributed by atoms with Crippen molar-refractivity contribution in [3.63, 3.8) is 0 Å². The van der Waals surface area contributed by atoms with Crippen molar-refractivity contribution in [1.29, 1.82) is 0 Å². The molecule has 3 aromatic rings. The summed E-state index contributed by atoms with van der Waals surface area (Å²) in [5, 5.41) is 11.2. The number of aromatic nitrogens is 2. The zero-order valence-electron chi connectivity index (χ0n) is 11.0. The van der Waals surface area contributed by atoms with Crippen LogP contribution in [0.3, 0.4) is 0 Å². The molecule has 0 aliphatic carbocycles. The van der Waals surface area contributed by atoms with Gasteiger partial charge in [0.05, 0.1) is 0 Å². The minimum absolute atomic E-state index is 0.368. The Morgan fingerprint density at radius 3 is 2.14 bits per heavy atom. The Kier molecular flexibility index (Phi) is 3.98. The zero-order chi connectivity index (χ0) is 14.5. The van der Waals surface area contributed by atoms with Gasteiger partial charge in [-0.25, -0.2) is 0 Å². The lowest BCUT2D eigenvalue weighted by Crippen LogP contribution is -1.95. The van der Waals surface area contributed by atoms with Gasteiger partial charge in [0.2, 0.25) is 0 Å². The minimum Gasteiger partial charge on any atom is -0.457 e. The molecule has 21 heavy (non-hydrogen) atoms. The van der Waals surface area contributed by atoms with Crippen LogP contribution in [0.1, 0.15) is 0 Å². The third-order valence-electron chi connectivity index (χ3n) is 2.74. The lowest BCUT2D eigenvalue weighted by Gasteiger charge is -2.08. The molecular formula is C16H12ClN3O. The Balaban J connectivity index is 1.68. The maximum Gasteiger partial charge on any atom is 0.153 e. The highest BCUT2D eigenvalue weighted by Crippen LogP contribution is 2.23. The molecule has 0 aliphatic rings. The average molecular weight is 298 g/mol. The normalized spacial score (nSPS) is 10.1. The van der Waals surface area contributed by atoms with Crippen molar-refractivity contribution >= 4 is 23.1 Å². The van der Waals surface area contributed by atoms with Crippen molar-refractivity contribution in [3.8, 4) is 11.5 Å². The van der Waals surface area contributed by atoms with E-state index in [9.17, 15) is 0 Å². The first-order valence-corrected chi connectivity index (χ1v) is 6.77. The zero-order valence-corrected chi connectivity index (χ0v) is 11.8. The van der Waals surface area contributed by atoms with E-state index < -0.39 is 0 Å². The number of nitrogens with one attached hydrogen (secondary N) is 1. The maximum atomic E-state index is 5.73. The highest BCUT2D eigenvalue weighted by atomic mass is 35.5. The highest BCUT2D eigenvalue weighted by Gasteiger charge is 1.99. The predicted octanol–water partition coefficient (Wildman–Crippen LogP) is 4.67. The fourth-order valence-corrected chi connectivity index (χ4v) is 1.86. The molecule has 4 nitrogen and oxygen atoms in total. The van der Waals surface area contributed by atoms with Gasteiger partial charge < -0.3 is 10.1 Å². The smallest absolute Gasteiger partial charge is 0.153 e. The molecule has 0 radical (unpaired) electrons. The second kappa shape index (κ2) is 6.24. The van der Waals surface area contributed by atoms with Crippen LogP contribution in [0.25, 0.3) is 0 Å². The SMILES string of the molecule is Clc1ccc(Nc2ccc(Oc3ccccc3)cc2)nn1. The molecule has 0 saturated carbocycles. The van der Waals surface area contributed by atoms with Gasteiger partial charge in [0, 0.05) is 5.69 Å². The first-order valence-electron chi connectivity index (χ1n) is 6.39. The number of benzene rings is 2. The van der Waals surface area contributed by atoms with Gasteiger partial charge in [-0.3, -0.25) is 0 Å². The van der Waals surface area contributed by atoms with Crippen LogP contribution in [0.4, 0.5) is 11.5 Å². The molecule has 0 spiro atoms. The van der Waals surface area contributed by atoms with Gasteiger partial charge in [-0.1, -0.05) is 29.8 Å². The monoisotopic (exact) mass is 297 g/mol. The molecule has 104 valence electrons. The number of para-hydroxylation sites is 1. The molecule has 1 aromatic heterocycles. The largest absolute Gasteiger partial charge is 0.457 e. The van der Waals surface area contributed by atoms with E-state index >= 15 is 0 Å². The van der Waals surface area contributed by atoms with Crippen LogP contribution in [-0.4, -0.2) is 10.2 Å². The number of nitrogens with zero attached hydrogens (tertiary/aromatic N) is 2. The number of hydrogen-bond acceptors (Lipinski definition) is 4. The van der Waals surface area contributed by atoms with Crippen molar-refractivity contribution in [2.75, 3.05) is 5.32 Å². The number of halogens is 1. The van der Waals surface area contributed by atoms with Gasteiger partial charge in [0.15, 0.2) is 11.0 Å². The van der Waals surface area contributed by atoms with Gasteiger partial charge in [-0.2, -0.15) is 0 Å². The van der Waals surface area contributed by atoms with E-state index in [1.165, 1.54) is 0 Å². The average Bonchev–Trinajstić information content (AvgIpc) is 2.53. The van der Waals surface area contributed by atoms with E-state index in [-0.39, 0.29) is 0 Å². The molecule has 0 amide bonds. The van der Waals surface area contributed by atoms with E-state index in [4.69, 9.17) is 16.3 Å². The van der Waals surface area contributed by atoms with Gasteiger partial charge >= 0.3 is 0 Å². The van der Waals surface area contributed by atoms with Crippen LogP contribution >= 0.6 is 11.6 Å². The van der Waals surface area contributed by atoms with E-state index in [0.29, 0.717) is 11.0 Å². The predicted molar refractivity (Wildman–Crippen MR) is 83.3 cm³/mol. The Bertz CT molecular complexity index is 700. The lowest BCUT2D eigenvalue weighted by molar-refractivity contribution is 0.483. The summed E-state index contributed by atoms with van der Waals surface area (Å²) in [6, 6.07) is 20.7. The van der Waals surface area contributed by atoms with Crippen LogP contribution in [0, 0.1) is 0 Å². The van der Waals surface area contributed by atoms with Crippen molar-refractivity contribution in [3.05, 3.63) is 71.9 Å². The molecule has 0 unspecified atom stereocenters. The third kappa shape index (κ3) is 3.70. The first kappa shape index (κ1) is 13.4. The number of anilines is 2. The Morgan fingerprint density at radius 1 is 0.762 bits per heavy atom. The highest BCUT2D eigenvalue weighted by molar-refractivity contribution is 6.29. The summed E-state index contributed by atoms with van der Waals surface area (Å²) in [6.07, 6.45) is 0. The van der Waals surface area contributed by atoms with E-state index in [0.717, 1.165) is 17.2 Å². The fraction of sp³-hybridized carbons (Fsp3) is 0. The molecule has 0 saturated heterocycles. The summed E-state index contributed by atoms with van der Waals surface area (Å²) in [5.74, 6) is 2.21. The summed E-state index contributed by atoms with van der Waals surface area (Å²) >= 11 is 5.69. The number of rotatable bonds is 4. The second-order valence-electron chi connectivity index (χ2n) is 4.31. The molecule has 0 bridgehead atoms. The first-order chi connectivity index (χ1) is 10.3.